The summed E-state index contributed by atoms with van der Waals surface area (Å²) in [6, 6.07) is 9.71. The number of rotatable bonds is 15. The zero-order chi connectivity index (χ0) is 29.3. The molecule has 0 aliphatic rings. The van der Waals surface area contributed by atoms with Crippen LogP contribution >= 0.6 is 0 Å². The van der Waals surface area contributed by atoms with E-state index in [2.05, 4.69) is 20.1 Å². The van der Waals surface area contributed by atoms with Crippen molar-refractivity contribution in [2.45, 2.75) is 25.3 Å². The number of carboxylic acid groups (broad SMARTS) is 1. The van der Waals surface area contributed by atoms with Crippen LogP contribution in [0.2, 0.25) is 0 Å². The first-order chi connectivity index (χ1) is 19.2. The summed E-state index contributed by atoms with van der Waals surface area (Å²) in [7, 11) is 0. The zero-order valence-electron chi connectivity index (χ0n) is 21.0. The van der Waals surface area contributed by atoms with Crippen molar-refractivity contribution in [1.82, 2.24) is 10.6 Å². The van der Waals surface area contributed by atoms with Gasteiger partial charge in [0.25, 0.3) is 24.3 Å². The average Bonchev–Trinajstić information content (AvgIpc) is 2.94. The Hall–Kier alpha value is -5.63. The molecular formula is C26H24N4O10. The molecule has 1 unspecified atom stereocenters. The Labute approximate surface area is 228 Å². The number of nitriles is 2. The lowest BCUT2D eigenvalue weighted by molar-refractivity contribution is -0.142. The van der Waals surface area contributed by atoms with E-state index in [1.807, 2.05) is 0 Å². The molecule has 2 rings (SSSR count). The van der Waals surface area contributed by atoms with Crippen LogP contribution in [0.4, 0.5) is 0 Å². The van der Waals surface area contributed by atoms with Crippen molar-refractivity contribution in [2.24, 2.45) is 0 Å². The fourth-order valence-corrected chi connectivity index (χ4v) is 3.10. The SMILES string of the molecule is N#COc1ccc(C(=O)OCC(=O)NCCCCC(NC(=O)COC(=O)c2ccc(OC#N)cc2)C(=O)O)cc1. The van der Waals surface area contributed by atoms with Crippen molar-refractivity contribution in [1.29, 1.82) is 10.5 Å². The highest BCUT2D eigenvalue weighted by atomic mass is 16.5. The van der Waals surface area contributed by atoms with Gasteiger partial charge in [0.15, 0.2) is 13.2 Å². The highest BCUT2D eigenvalue weighted by Crippen LogP contribution is 2.13. The summed E-state index contributed by atoms with van der Waals surface area (Å²) in [5.74, 6) is -3.76. The molecule has 0 spiro atoms. The third kappa shape index (κ3) is 10.8. The number of unbranched alkanes of at least 4 members (excludes halogenated alkanes) is 1. The number of aliphatic carboxylic acids is 1. The number of hydrogen-bond donors (Lipinski definition) is 3. The zero-order valence-corrected chi connectivity index (χ0v) is 21.0. The minimum Gasteiger partial charge on any atom is -0.480 e. The summed E-state index contributed by atoms with van der Waals surface area (Å²) in [5, 5.41) is 31.0. The average molecular weight is 552 g/mol. The molecule has 40 heavy (non-hydrogen) atoms. The van der Waals surface area contributed by atoms with E-state index in [1.165, 1.54) is 61.0 Å². The molecule has 2 aromatic rings. The first-order valence-corrected chi connectivity index (χ1v) is 11.7. The largest absolute Gasteiger partial charge is 0.480 e. The van der Waals surface area contributed by atoms with Crippen LogP contribution in [0.5, 0.6) is 11.5 Å². The van der Waals surface area contributed by atoms with E-state index in [1.54, 1.807) is 0 Å². The van der Waals surface area contributed by atoms with Crippen molar-refractivity contribution in [3.05, 3.63) is 59.7 Å². The van der Waals surface area contributed by atoms with Crippen LogP contribution in [0.25, 0.3) is 0 Å². The minimum absolute atomic E-state index is 0.0474. The molecule has 0 heterocycles. The monoisotopic (exact) mass is 552 g/mol. The lowest BCUT2D eigenvalue weighted by Gasteiger charge is -2.14. The fraction of sp³-hybridized carbons (Fsp3) is 0.269. The Morgan fingerprint density at radius 2 is 1.23 bits per heavy atom. The van der Waals surface area contributed by atoms with Crippen LogP contribution in [0.15, 0.2) is 48.5 Å². The number of nitrogens with zero attached hydrogens (tertiary/aromatic N) is 2. The molecule has 0 radical (unpaired) electrons. The molecule has 0 aliphatic carbocycles. The Balaban J connectivity index is 1.64. The third-order valence-corrected chi connectivity index (χ3v) is 5.05. The van der Waals surface area contributed by atoms with Gasteiger partial charge in [0.2, 0.25) is 0 Å². The van der Waals surface area contributed by atoms with E-state index in [4.69, 9.17) is 20.0 Å². The molecule has 14 heteroatoms. The van der Waals surface area contributed by atoms with Gasteiger partial charge in [-0.25, -0.2) is 14.4 Å². The molecular weight excluding hydrogens is 528 g/mol. The molecule has 14 nitrogen and oxygen atoms in total. The maximum atomic E-state index is 12.1. The number of esters is 2. The summed E-state index contributed by atoms with van der Waals surface area (Å²) in [6.07, 6.45) is 3.73. The van der Waals surface area contributed by atoms with E-state index in [0.717, 1.165) is 0 Å². The molecule has 0 saturated carbocycles. The van der Waals surface area contributed by atoms with Crippen molar-refractivity contribution < 1.29 is 48.0 Å². The van der Waals surface area contributed by atoms with Gasteiger partial charge in [-0.15, -0.1) is 10.5 Å². The summed E-state index contributed by atoms with van der Waals surface area (Å²) in [5.41, 5.74) is 0.265. The van der Waals surface area contributed by atoms with Gasteiger partial charge in [-0.05, 0) is 67.8 Å². The van der Waals surface area contributed by atoms with Gasteiger partial charge >= 0.3 is 17.9 Å². The number of benzene rings is 2. The third-order valence-electron chi connectivity index (χ3n) is 5.05. The van der Waals surface area contributed by atoms with E-state index >= 15 is 0 Å². The predicted molar refractivity (Wildman–Crippen MR) is 132 cm³/mol. The number of nitrogens with one attached hydrogen (secondary N) is 2. The summed E-state index contributed by atoms with van der Waals surface area (Å²) < 4.78 is 19.0. The Morgan fingerprint density at radius 1 is 0.750 bits per heavy atom. The summed E-state index contributed by atoms with van der Waals surface area (Å²) in [4.78, 5) is 59.4. The molecule has 2 amide bonds. The first kappa shape index (κ1) is 30.6. The second-order valence-corrected chi connectivity index (χ2v) is 7.89. The molecule has 208 valence electrons. The van der Waals surface area contributed by atoms with E-state index in [-0.39, 0.29) is 35.6 Å². The molecule has 0 aliphatic heterocycles. The van der Waals surface area contributed by atoms with Gasteiger partial charge in [-0.3, -0.25) is 9.59 Å². The normalized spacial score (nSPS) is 10.6. The first-order valence-electron chi connectivity index (χ1n) is 11.7. The topological polar surface area (TPSA) is 214 Å². The van der Waals surface area contributed by atoms with Crippen LogP contribution in [0.1, 0.15) is 40.0 Å². The van der Waals surface area contributed by atoms with Crippen LogP contribution in [-0.4, -0.2) is 60.6 Å². The smallest absolute Gasteiger partial charge is 0.338 e. The summed E-state index contributed by atoms with van der Waals surface area (Å²) >= 11 is 0. The quantitative estimate of drug-likeness (QED) is 0.162. The van der Waals surface area contributed by atoms with Crippen LogP contribution in [0.3, 0.4) is 0 Å². The van der Waals surface area contributed by atoms with Crippen molar-refractivity contribution in [3.63, 3.8) is 0 Å². The highest BCUT2D eigenvalue weighted by molar-refractivity contribution is 5.92. The maximum absolute atomic E-state index is 12.1. The molecule has 0 aromatic heterocycles. The van der Waals surface area contributed by atoms with Crippen molar-refractivity contribution in [3.8, 4) is 24.0 Å². The van der Waals surface area contributed by atoms with E-state index in [9.17, 15) is 29.1 Å². The number of carbonyl (C=O) groups is 5. The lowest BCUT2D eigenvalue weighted by Crippen LogP contribution is -2.42. The van der Waals surface area contributed by atoms with Crippen LogP contribution < -0.4 is 20.1 Å². The summed E-state index contributed by atoms with van der Waals surface area (Å²) in [6.45, 7) is -1.06. The Bertz CT molecular complexity index is 1280. The second kappa shape index (κ2) is 16.3. The van der Waals surface area contributed by atoms with Crippen molar-refractivity contribution in [2.75, 3.05) is 19.8 Å². The van der Waals surface area contributed by atoms with Gasteiger partial charge in [-0.2, -0.15) is 0 Å². The predicted octanol–water partition coefficient (Wildman–Crippen LogP) is 1.28. The van der Waals surface area contributed by atoms with Crippen LogP contribution in [0, 0.1) is 23.0 Å². The highest BCUT2D eigenvalue weighted by Gasteiger charge is 2.20. The van der Waals surface area contributed by atoms with Gasteiger partial charge in [0.05, 0.1) is 11.1 Å². The number of carbonyl (C=O) groups excluding carboxylic acids is 4. The molecule has 1 atom stereocenters. The molecule has 0 fully saturated rings. The number of ether oxygens (including phenoxy) is 4. The van der Waals surface area contributed by atoms with Gasteiger partial charge in [-0.1, -0.05) is 0 Å². The van der Waals surface area contributed by atoms with Gasteiger partial charge in [0.1, 0.15) is 17.5 Å². The molecule has 2 aromatic carbocycles. The molecule has 0 bridgehead atoms. The minimum atomic E-state index is -1.28. The fourth-order valence-electron chi connectivity index (χ4n) is 3.10. The maximum Gasteiger partial charge on any atom is 0.338 e. The second-order valence-electron chi connectivity index (χ2n) is 7.89. The van der Waals surface area contributed by atoms with Gasteiger partial charge in [0, 0.05) is 6.54 Å². The number of carboxylic acids is 1. The molecule has 0 saturated heterocycles. The van der Waals surface area contributed by atoms with Gasteiger partial charge < -0.3 is 34.7 Å². The Morgan fingerprint density at radius 3 is 1.68 bits per heavy atom. The Kier molecular flexibility index (Phi) is 12.4. The van der Waals surface area contributed by atoms with Crippen LogP contribution in [-0.2, 0) is 23.9 Å². The van der Waals surface area contributed by atoms with E-state index in [0.29, 0.717) is 12.8 Å². The van der Waals surface area contributed by atoms with E-state index < -0.39 is 49.0 Å². The lowest BCUT2D eigenvalue weighted by atomic mass is 10.1. The van der Waals surface area contributed by atoms with Crippen molar-refractivity contribution >= 4 is 29.7 Å². The molecule has 3 N–H and O–H groups in total. The number of amides is 2. The standard InChI is InChI=1S/C26H24N4O10/c27-15-39-19-8-4-17(5-9-19)25(35)37-13-22(31)29-12-2-1-3-21(24(33)34)30-23(32)14-38-26(36)18-6-10-20(11-7-18)40-16-28/h4-11,21H,1-3,12-14H2,(H,29,31)(H,30,32)(H,33,34). The number of hydrogen-bond acceptors (Lipinski definition) is 11.